The van der Waals surface area contributed by atoms with Gasteiger partial charge in [0.15, 0.2) is 0 Å². The van der Waals surface area contributed by atoms with Crippen LogP contribution in [0.5, 0.6) is 0 Å². The molecular formula is C29H25ClN8O4S. The average Bonchev–Trinajstić information content (AvgIpc) is 3.68. The summed E-state index contributed by atoms with van der Waals surface area (Å²) in [6.45, 7) is 1.89. The van der Waals surface area contributed by atoms with Crippen LogP contribution in [0.4, 0.5) is 0 Å². The Labute approximate surface area is 254 Å². The van der Waals surface area contributed by atoms with Crippen molar-refractivity contribution in [1.29, 1.82) is 0 Å². The number of esters is 1. The number of thiazole rings is 1. The van der Waals surface area contributed by atoms with Gasteiger partial charge in [0.1, 0.15) is 6.33 Å². The molecule has 43 heavy (non-hydrogen) atoms. The van der Waals surface area contributed by atoms with E-state index in [1.807, 2.05) is 12.3 Å². The molecule has 0 spiro atoms. The van der Waals surface area contributed by atoms with Gasteiger partial charge < -0.3 is 10.1 Å². The maximum Gasteiger partial charge on any atom is 0.309 e. The smallest absolute Gasteiger partial charge is 0.309 e. The summed E-state index contributed by atoms with van der Waals surface area (Å²) in [5.41, 5.74) is 3.92. The molecule has 218 valence electrons. The average molecular weight is 617 g/mol. The van der Waals surface area contributed by atoms with E-state index in [1.165, 1.54) is 35.5 Å². The van der Waals surface area contributed by atoms with Crippen LogP contribution in [0.25, 0.3) is 22.9 Å². The predicted molar refractivity (Wildman–Crippen MR) is 161 cm³/mol. The number of H-pyrrole nitrogens is 1. The van der Waals surface area contributed by atoms with E-state index in [-0.39, 0.29) is 12.4 Å². The zero-order valence-electron chi connectivity index (χ0n) is 23.0. The van der Waals surface area contributed by atoms with Gasteiger partial charge >= 0.3 is 5.97 Å². The molecule has 1 atom stereocenters. The number of methoxy groups -OCH3 is 1. The quantitative estimate of drug-likeness (QED) is 0.176. The fraction of sp³-hybridized carbons (Fsp3) is 0.172. The van der Waals surface area contributed by atoms with Crippen molar-refractivity contribution in [1.82, 2.24) is 40.7 Å². The first-order valence-corrected chi connectivity index (χ1v) is 14.2. The van der Waals surface area contributed by atoms with Gasteiger partial charge in [-0.15, -0.1) is 16.4 Å². The molecule has 0 fully saturated rings. The van der Waals surface area contributed by atoms with Crippen LogP contribution < -0.4 is 10.9 Å². The summed E-state index contributed by atoms with van der Waals surface area (Å²) in [6.07, 6.45) is 4.91. The maximum absolute atomic E-state index is 13.2. The molecule has 3 aromatic heterocycles. The van der Waals surface area contributed by atoms with E-state index in [0.717, 1.165) is 16.3 Å². The van der Waals surface area contributed by atoms with Gasteiger partial charge in [0.2, 0.25) is 5.91 Å². The first-order valence-electron chi connectivity index (χ1n) is 13.0. The number of rotatable bonds is 10. The minimum absolute atomic E-state index is 0.121. The molecule has 12 nitrogen and oxygen atoms in total. The van der Waals surface area contributed by atoms with E-state index < -0.39 is 17.5 Å². The van der Waals surface area contributed by atoms with Gasteiger partial charge in [0, 0.05) is 34.2 Å². The zero-order valence-corrected chi connectivity index (χ0v) is 24.6. The molecule has 0 unspecified atom stereocenters. The summed E-state index contributed by atoms with van der Waals surface area (Å²) >= 11 is 7.68. The van der Waals surface area contributed by atoms with Crippen molar-refractivity contribution < 1.29 is 14.3 Å². The summed E-state index contributed by atoms with van der Waals surface area (Å²) in [5, 5.41) is 24.3. The highest BCUT2D eigenvalue weighted by atomic mass is 35.5. The molecule has 0 aliphatic heterocycles. The number of tetrazole rings is 1. The molecule has 3 heterocycles. The fourth-order valence-electron chi connectivity index (χ4n) is 4.28. The monoisotopic (exact) mass is 616 g/mol. The standard InChI is InChI=1S/C29H25ClN8O4S/c1-17-15-43-27(32-17)14-23(33-26(39)10-7-20-12-21(30)8-9-25(20)38-16-31-36-37-38)24-13-22(29(41)35-34-24)19-5-3-18(4-6-19)11-28(40)42-2/h3-10,12-13,15-16,23H,11,14H2,1-2H3,(H,33,39)(H,35,41)/b10-7+/t23-/m0/s1. The number of aromatic nitrogens is 7. The van der Waals surface area contributed by atoms with Crippen molar-refractivity contribution in [3.8, 4) is 16.8 Å². The number of amides is 1. The van der Waals surface area contributed by atoms with E-state index in [0.29, 0.717) is 39.5 Å². The van der Waals surface area contributed by atoms with Crippen LogP contribution in [-0.4, -0.2) is 54.4 Å². The lowest BCUT2D eigenvalue weighted by molar-refractivity contribution is -0.139. The third kappa shape index (κ3) is 7.45. The molecule has 0 saturated carbocycles. The Morgan fingerprint density at radius 2 is 2.00 bits per heavy atom. The van der Waals surface area contributed by atoms with Crippen molar-refractivity contribution >= 4 is 40.9 Å². The molecule has 0 radical (unpaired) electrons. The Hall–Kier alpha value is -5.01. The molecule has 5 aromatic rings. The molecule has 5 rings (SSSR count). The maximum atomic E-state index is 13.2. The van der Waals surface area contributed by atoms with Crippen LogP contribution in [0, 0.1) is 6.92 Å². The van der Waals surface area contributed by atoms with Crippen LogP contribution >= 0.6 is 22.9 Å². The Balaban J connectivity index is 1.42. The molecule has 0 bridgehead atoms. The first-order chi connectivity index (χ1) is 20.8. The van der Waals surface area contributed by atoms with Gasteiger partial charge in [-0.2, -0.15) is 9.78 Å². The molecule has 0 saturated heterocycles. The summed E-state index contributed by atoms with van der Waals surface area (Å²) in [4.78, 5) is 42.2. The molecule has 0 aliphatic rings. The summed E-state index contributed by atoms with van der Waals surface area (Å²) in [5.74, 6) is -0.758. The summed E-state index contributed by atoms with van der Waals surface area (Å²) in [6, 6.07) is 13.2. The van der Waals surface area contributed by atoms with Gasteiger partial charge in [-0.05, 0) is 58.8 Å². The SMILES string of the molecule is COC(=O)Cc1ccc(-c2cc([C@H](Cc3nc(C)cs3)NC(=O)/C=C/c3cc(Cl)ccc3-n3cnnn3)n[nH]c2=O)cc1. The number of halogens is 1. The lowest BCUT2D eigenvalue weighted by Gasteiger charge is -2.17. The van der Waals surface area contributed by atoms with Crippen LogP contribution in [0.2, 0.25) is 5.02 Å². The molecular weight excluding hydrogens is 592 g/mol. The van der Waals surface area contributed by atoms with Gasteiger partial charge in [-0.25, -0.2) is 10.1 Å². The topological polar surface area (TPSA) is 158 Å². The van der Waals surface area contributed by atoms with E-state index in [2.05, 4.69) is 36.0 Å². The Bertz CT molecular complexity index is 1830. The second kappa shape index (κ2) is 13.3. The summed E-state index contributed by atoms with van der Waals surface area (Å²) < 4.78 is 6.19. The van der Waals surface area contributed by atoms with Crippen LogP contribution in [0.1, 0.15) is 33.6 Å². The fourth-order valence-corrected chi connectivity index (χ4v) is 5.28. The van der Waals surface area contributed by atoms with Crippen LogP contribution in [-0.2, 0) is 27.2 Å². The Morgan fingerprint density at radius 1 is 1.19 bits per heavy atom. The number of benzene rings is 2. The Kier molecular flexibility index (Phi) is 9.13. The van der Waals surface area contributed by atoms with E-state index in [9.17, 15) is 14.4 Å². The third-order valence-electron chi connectivity index (χ3n) is 6.38. The van der Waals surface area contributed by atoms with Gasteiger partial charge in [0.05, 0.1) is 41.5 Å². The molecule has 0 aliphatic carbocycles. The van der Waals surface area contributed by atoms with E-state index in [1.54, 1.807) is 54.6 Å². The Morgan fingerprint density at radius 3 is 2.70 bits per heavy atom. The van der Waals surface area contributed by atoms with E-state index >= 15 is 0 Å². The number of hydrogen-bond donors (Lipinski definition) is 2. The number of aryl methyl sites for hydroxylation is 1. The second-order valence-corrected chi connectivity index (χ2v) is 10.8. The van der Waals surface area contributed by atoms with Gasteiger partial charge in [-0.1, -0.05) is 35.9 Å². The van der Waals surface area contributed by atoms with Crippen molar-refractivity contribution in [2.45, 2.75) is 25.8 Å². The van der Waals surface area contributed by atoms with Crippen molar-refractivity contribution in [3.63, 3.8) is 0 Å². The zero-order chi connectivity index (χ0) is 30.3. The minimum atomic E-state index is -0.616. The van der Waals surface area contributed by atoms with Gasteiger partial charge in [-0.3, -0.25) is 14.4 Å². The van der Waals surface area contributed by atoms with Gasteiger partial charge in [0.25, 0.3) is 5.56 Å². The molecule has 2 aromatic carbocycles. The normalized spacial score (nSPS) is 11.9. The minimum Gasteiger partial charge on any atom is -0.469 e. The number of ether oxygens (including phenoxy) is 1. The van der Waals surface area contributed by atoms with Crippen molar-refractivity contribution in [2.75, 3.05) is 7.11 Å². The highest BCUT2D eigenvalue weighted by Crippen LogP contribution is 2.24. The van der Waals surface area contributed by atoms with Crippen molar-refractivity contribution in [2.24, 2.45) is 0 Å². The van der Waals surface area contributed by atoms with Crippen LogP contribution in [0.15, 0.2) is 71.1 Å². The third-order valence-corrected chi connectivity index (χ3v) is 7.61. The number of nitrogens with zero attached hydrogens (tertiary/aromatic N) is 6. The molecule has 1 amide bonds. The van der Waals surface area contributed by atoms with Crippen molar-refractivity contribution in [3.05, 3.63) is 109 Å². The number of carbonyl (C=O) groups is 2. The van der Waals surface area contributed by atoms with E-state index in [4.69, 9.17) is 16.3 Å². The lowest BCUT2D eigenvalue weighted by Crippen LogP contribution is -2.30. The number of aromatic amines is 1. The predicted octanol–water partition coefficient (Wildman–Crippen LogP) is 3.66. The largest absolute Gasteiger partial charge is 0.469 e. The highest BCUT2D eigenvalue weighted by Gasteiger charge is 2.20. The van der Waals surface area contributed by atoms with Crippen LogP contribution in [0.3, 0.4) is 0 Å². The number of nitrogens with one attached hydrogen (secondary N) is 2. The molecule has 14 heteroatoms. The second-order valence-electron chi connectivity index (χ2n) is 9.42. The molecule has 2 N–H and O–H groups in total. The lowest BCUT2D eigenvalue weighted by atomic mass is 10.0. The summed E-state index contributed by atoms with van der Waals surface area (Å²) in [7, 11) is 1.33. The highest BCUT2D eigenvalue weighted by molar-refractivity contribution is 7.09. The number of carbonyl (C=O) groups excluding carboxylic acids is 2. The number of hydrogen-bond acceptors (Lipinski definition) is 10. The first kappa shape index (κ1) is 29.5.